The molecule has 0 radical (unpaired) electrons. The van der Waals surface area contributed by atoms with Gasteiger partial charge in [-0.05, 0) is 94.5 Å². The fourth-order valence-electron chi connectivity index (χ4n) is 7.85. The minimum Gasteiger partial charge on any atom is -0.444 e. The number of alkyl carbamates (subject to hydrolysis) is 1. The van der Waals surface area contributed by atoms with E-state index in [0.717, 1.165) is 57.0 Å². The van der Waals surface area contributed by atoms with Gasteiger partial charge in [0.25, 0.3) is 5.91 Å². The number of piperazine rings is 1. The van der Waals surface area contributed by atoms with Crippen molar-refractivity contribution in [1.82, 2.24) is 34.6 Å². The van der Waals surface area contributed by atoms with Crippen LogP contribution in [-0.4, -0.2) is 127 Å². The molecule has 0 spiro atoms. The molecule has 3 N–H and O–H groups in total. The summed E-state index contributed by atoms with van der Waals surface area (Å²) in [6.07, 6.45) is 4.12. The van der Waals surface area contributed by atoms with Crippen LogP contribution in [0.4, 0.5) is 14.0 Å². The molecule has 3 saturated heterocycles. The lowest BCUT2D eigenvalue weighted by atomic mass is 10.0. The minimum absolute atomic E-state index is 0.0635. The van der Waals surface area contributed by atoms with Crippen LogP contribution in [0.2, 0.25) is 0 Å². The SMILES string of the molecule is Cc1c(Cc2ccc(S(=O)(=O)N(C)C)cc2)c2cc(C(=O)N3CCN(C(=O)CCCC[C@@H]4SC[C@@H]5NC(=O)N[C@@H]54)CC3)ccc2n1C/C(F)=C/CNC(=O)OC(C)(C)C. The molecule has 0 saturated carbocycles. The van der Waals surface area contributed by atoms with Crippen LogP contribution in [0.25, 0.3) is 10.9 Å². The molecule has 2 aromatic carbocycles. The van der Waals surface area contributed by atoms with Crippen LogP contribution in [0.1, 0.15) is 73.6 Å². The number of amides is 5. The third-order valence-corrected chi connectivity index (χ3v) is 14.4. The molecule has 3 fully saturated rings. The van der Waals surface area contributed by atoms with Gasteiger partial charge in [-0.3, -0.25) is 9.59 Å². The predicted octanol–water partition coefficient (Wildman–Crippen LogP) is 5.18. The van der Waals surface area contributed by atoms with Crippen LogP contribution in [0.3, 0.4) is 0 Å². The summed E-state index contributed by atoms with van der Waals surface area (Å²) < 4.78 is 49.1. The molecule has 17 heteroatoms. The molecular weight excluding hydrogens is 798 g/mol. The number of rotatable bonds is 14. The number of thioether (sulfide) groups is 1. The van der Waals surface area contributed by atoms with Gasteiger partial charge in [0.05, 0.1) is 23.5 Å². The first kappa shape index (κ1) is 44.0. The van der Waals surface area contributed by atoms with Crippen molar-refractivity contribution in [2.24, 2.45) is 0 Å². The second-order valence-electron chi connectivity index (χ2n) is 16.6. The van der Waals surface area contributed by atoms with E-state index >= 15 is 4.39 Å². The van der Waals surface area contributed by atoms with E-state index in [2.05, 4.69) is 16.0 Å². The highest BCUT2D eigenvalue weighted by atomic mass is 32.2. The number of urea groups is 1. The van der Waals surface area contributed by atoms with Gasteiger partial charge >= 0.3 is 12.1 Å². The number of aromatic nitrogens is 1. The van der Waals surface area contributed by atoms with Crippen LogP contribution in [0.15, 0.2) is 59.3 Å². The van der Waals surface area contributed by atoms with Gasteiger partial charge in [-0.2, -0.15) is 11.8 Å². The number of hydrogen-bond acceptors (Lipinski definition) is 8. The van der Waals surface area contributed by atoms with Gasteiger partial charge in [-0.1, -0.05) is 18.6 Å². The van der Waals surface area contributed by atoms with Gasteiger partial charge in [0.2, 0.25) is 15.9 Å². The standard InChI is InChI=1S/C42H56FN7O7S2/c1-27-32(23-28-11-14-31(15-12-28)59(55,56)47(5)6)33-24-29(13-16-35(33)50(27)25-30(43)17-18-44-41(54)57-42(2,3)4)39(52)49-21-19-48(20-22-49)37(51)10-8-7-9-36-38-34(26-58-36)45-40(53)46-38/h11-17,24,34,36,38H,7-10,18-23,25-26H2,1-6H3,(H,44,54)(H2,45,46,53)/b30-17-/t34-,36-,38-/m0/s1. The Morgan fingerprint density at radius 2 is 1.71 bits per heavy atom. The van der Waals surface area contributed by atoms with Gasteiger partial charge < -0.3 is 35.1 Å². The van der Waals surface area contributed by atoms with Crippen molar-refractivity contribution in [3.63, 3.8) is 0 Å². The van der Waals surface area contributed by atoms with E-state index in [4.69, 9.17) is 4.74 Å². The number of fused-ring (bicyclic) bond motifs is 2. The third kappa shape index (κ3) is 10.6. The fourth-order valence-corrected chi connectivity index (χ4v) is 10.3. The van der Waals surface area contributed by atoms with Gasteiger partial charge in [0.15, 0.2) is 0 Å². The second kappa shape index (κ2) is 18.3. The molecule has 320 valence electrons. The van der Waals surface area contributed by atoms with Gasteiger partial charge in [-0.15, -0.1) is 0 Å². The number of ether oxygens (including phenoxy) is 1. The zero-order valence-electron chi connectivity index (χ0n) is 34.7. The molecule has 59 heavy (non-hydrogen) atoms. The van der Waals surface area contributed by atoms with Gasteiger partial charge in [-0.25, -0.2) is 26.7 Å². The van der Waals surface area contributed by atoms with Crippen LogP contribution < -0.4 is 16.0 Å². The quantitative estimate of drug-likeness (QED) is 0.148. The highest BCUT2D eigenvalue weighted by Crippen LogP contribution is 2.34. The first-order chi connectivity index (χ1) is 27.9. The van der Waals surface area contributed by atoms with Crippen molar-refractivity contribution in [1.29, 1.82) is 0 Å². The van der Waals surface area contributed by atoms with E-state index in [-0.39, 0.29) is 47.9 Å². The Kier molecular flexibility index (Phi) is 13.7. The lowest BCUT2D eigenvalue weighted by Gasteiger charge is -2.35. The average Bonchev–Trinajstić information content (AvgIpc) is 3.82. The number of nitrogens with zero attached hydrogens (tertiary/aromatic N) is 4. The van der Waals surface area contributed by atoms with Crippen molar-refractivity contribution in [2.45, 2.75) is 94.2 Å². The summed E-state index contributed by atoms with van der Waals surface area (Å²) in [5.74, 6) is 0.367. The Hall–Kier alpha value is -4.61. The molecule has 0 unspecified atom stereocenters. The molecule has 0 aliphatic carbocycles. The number of carbonyl (C=O) groups excluding carboxylic acids is 4. The highest BCUT2D eigenvalue weighted by molar-refractivity contribution is 8.00. The predicted molar refractivity (Wildman–Crippen MR) is 227 cm³/mol. The number of carbonyl (C=O) groups is 4. The number of unbranched alkanes of at least 4 members (excludes halogenated alkanes) is 1. The molecule has 1 aromatic heterocycles. The van der Waals surface area contributed by atoms with Crippen LogP contribution in [0, 0.1) is 6.92 Å². The van der Waals surface area contributed by atoms with Crippen LogP contribution in [0.5, 0.6) is 0 Å². The van der Waals surface area contributed by atoms with Gasteiger partial charge in [0.1, 0.15) is 11.4 Å². The molecular formula is C42H56FN7O7S2. The molecule has 14 nitrogen and oxygen atoms in total. The Morgan fingerprint density at radius 3 is 2.39 bits per heavy atom. The zero-order chi connectivity index (χ0) is 42.6. The first-order valence-corrected chi connectivity index (χ1v) is 22.6. The molecule has 3 atom stereocenters. The highest BCUT2D eigenvalue weighted by Gasteiger charge is 2.42. The summed E-state index contributed by atoms with van der Waals surface area (Å²) in [6, 6.07) is 12.3. The van der Waals surface area contributed by atoms with E-state index in [9.17, 15) is 27.6 Å². The number of nitrogens with one attached hydrogen (secondary N) is 3. The molecule has 6 rings (SSSR count). The van der Waals surface area contributed by atoms with Crippen LogP contribution in [-0.2, 0) is 32.5 Å². The maximum Gasteiger partial charge on any atom is 0.407 e. The van der Waals surface area contributed by atoms with E-state index in [0.29, 0.717) is 49.8 Å². The summed E-state index contributed by atoms with van der Waals surface area (Å²) in [5, 5.41) is 9.66. The average molecular weight is 854 g/mol. The topological polar surface area (TPSA) is 162 Å². The largest absolute Gasteiger partial charge is 0.444 e. The molecule has 3 aliphatic rings. The normalized spacial score (nSPS) is 19.8. The van der Waals surface area contributed by atoms with E-state index in [1.54, 1.807) is 56.0 Å². The number of hydrogen-bond donors (Lipinski definition) is 3. The number of benzene rings is 2. The van der Waals surface area contributed by atoms with Crippen molar-refractivity contribution in [3.05, 3.63) is 76.8 Å². The summed E-state index contributed by atoms with van der Waals surface area (Å²) in [7, 11) is -0.661. The smallest absolute Gasteiger partial charge is 0.407 e. The Morgan fingerprint density at radius 1 is 1.02 bits per heavy atom. The van der Waals surface area contributed by atoms with Crippen molar-refractivity contribution >= 4 is 56.6 Å². The van der Waals surface area contributed by atoms with Crippen molar-refractivity contribution in [2.75, 3.05) is 52.6 Å². The third-order valence-electron chi connectivity index (χ3n) is 11.0. The molecule has 3 aliphatic heterocycles. The van der Waals surface area contributed by atoms with Crippen molar-refractivity contribution in [3.8, 4) is 0 Å². The second-order valence-corrected chi connectivity index (χ2v) is 20.0. The Bertz CT molecular complexity index is 2190. The first-order valence-electron chi connectivity index (χ1n) is 20.1. The molecule has 4 heterocycles. The number of halogens is 1. The van der Waals surface area contributed by atoms with Crippen molar-refractivity contribution < 1.29 is 36.7 Å². The van der Waals surface area contributed by atoms with E-state index in [1.807, 2.05) is 40.3 Å². The summed E-state index contributed by atoms with van der Waals surface area (Å²) in [6.45, 7) is 8.64. The lowest BCUT2D eigenvalue weighted by Crippen LogP contribution is -2.50. The van der Waals surface area contributed by atoms with E-state index in [1.165, 1.54) is 20.2 Å². The number of sulfonamides is 1. The summed E-state index contributed by atoms with van der Waals surface area (Å²) >= 11 is 1.87. The Labute approximate surface area is 350 Å². The zero-order valence-corrected chi connectivity index (χ0v) is 36.3. The Balaban J connectivity index is 1.13. The van der Waals surface area contributed by atoms with Crippen LogP contribution >= 0.6 is 11.8 Å². The maximum atomic E-state index is 15.5. The summed E-state index contributed by atoms with van der Waals surface area (Å²) in [5.41, 5.74) is 2.99. The molecule has 0 bridgehead atoms. The monoisotopic (exact) mass is 853 g/mol. The molecule has 5 amide bonds. The summed E-state index contributed by atoms with van der Waals surface area (Å²) in [4.78, 5) is 54.6. The van der Waals surface area contributed by atoms with E-state index < -0.39 is 27.5 Å². The lowest BCUT2D eigenvalue weighted by molar-refractivity contribution is -0.132. The molecule has 3 aromatic rings. The number of allylic oxidation sites excluding steroid dienone is 1. The minimum atomic E-state index is -3.62. The fraction of sp³-hybridized carbons (Fsp3) is 0.524. The van der Waals surface area contributed by atoms with Gasteiger partial charge in [0, 0.05) is 86.4 Å². The maximum absolute atomic E-state index is 15.5.